The van der Waals surface area contributed by atoms with Crippen LogP contribution in [-0.2, 0) is 4.74 Å². The molecule has 0 aliphatic heterocycles. The molecule has 0 aromatic heterocycles. The van der Waals surface area contributed by atoms with Gasteiger partial charge in [0.05, 0.1) is 29.5 Å². The summed E-state index contributed by atoms with van der Waals surface area (Å²) in [5, 5.41) is 0. The van der Waals surface area contributed by atoms with Crippen molar-refractivity contribution in [1.82, 2.24) is 3.11 Å². The average Bonchev–Trinajstić information content (AvgIpc) is 2.05. The highest BCUT2D eigenvalue weighted by Crippen LogP contribution is 2.03. The van der Waals surface area contributed by atoms with Crippen molar-refractivity contribution in [2.24, 2.45) is 0 Å². The van der Waals surface area contributed by atoms with Gasteiger partial charge in [-0.05, 0) is 12.8 Å². The number of nitrogens with zero attached hydrogens (tertiary/aromatic N) is 1. The van der Waals surface area contributed by atoms with Crippen molar-refractivity contribution in [3.05, 3.63) is 0 Å². The first kappa shape index (κ1) is 12.0. The summed E-state index contributed by atoms with van der Waals surface area (Å²) in [4.78, 5) is 11.1. The Morgan fingerprint density at radius 3 is 2.58 bits per heavy atom. The second-order valence-corrected chi connectivity index (χ2v) is 3.72. The third-order valence-corrected chi connectivity index (χ3v) is 2.22. The number of amides is 1. The van der Waals surface area contributed by atoms with Gasteiger partial charge >= 0.3 is 6.09 Å². The van der Waals surface area contributed by atoms with E-state index in [0.717, 1.165) is 25.8 Å². The number of carbonyl (C=O) groups excluding carboxylic acids is 1. The molecule has 0 unspecified atom stereocenters. The van der Waals surface area contributed by atoms with Crippen LogP contribution in [0.2, 0.25) is 0 Å². The lowest BCUT2D eigenvalue weighted by Crippen LogP contribution is -2.22. The minimum absolute atomic E-state index is 0.217. The van der Waals surface area contributed by atoms with Gasteiger partial charge in [0.25, 0.3) is 0 Å². The Bertz CT molecular complexity index is 130. The molecule has 0 heterocycles. The zero-order chi connectivity index (χ0) is 9.40. The van der Waals surface area contributed by atoms with Crippen LogP contribution in [0.25, 0.3) is 0 Å². The Balaban J connectivity index is 3.43. The Labute approximate surface area is 87.9 Å². The van der Waals surface area contributed by atoms with Crippen LogP contribution in [0.5, 0.6) is 0 Å². The van der Waals surface area contributed by atoms with Crippen molar-refractivity contribution >= 4 is 29.0 Å². The normalized spacial score (nSPS) is 9.58. The van der Waals surface area contributed by atoms with E-state index >= 15 is 0 Å². The minimum Gasteiger partial charge on any atom is -0.449 e. The molecule has 0 saturated heterocycles. The van der Waals surface area contributed by atoms with Crippen LogP contribution in [0, 0.1) is 0 Å². The molecule has 0 saturated carbocycles. The first-order chi connectivity index (χ1) is 5.72. The van der Waals surface area contributed by atoms with Gasteiger partial charge in [-0.15, -0.1) is 0 Å². The molecule has 0 atom stereocenters. The molecule has 0 aromatic rings. The van der Waals surface area contributed by atoms with E-state index in [2.05, 4.69) is 6.92 Å². The highest BCUT2D eigenvalue weighted by molar-refractivity contribution is 14.1. The fourth-order valence-electron chi connectivity index (χ4n) is 0.661. The summed E-state index contributed by atoms with van der Waals surface area (Å²) in [6.07, 6.45) is 2.75. The molecule has 1 amide bonds. The van der Waals surface area contributed by atoms with E-state index in [1.54, 1.807) is 3.11 Å². The second-order valence-electron chi connectivity index (χ2n) is 2.55. The average molecular weight is 285 g/mol. The maximum Gasteiger partial charge on any atom is 0.418 e. The Hall–Kier alpha value is 0. The lowest BCUT2D eigenvalue weighted by Gasteiger charge is -2.12. The van der Waals surface area contributed by atoms with Crippen LogP contribution >= 0.6 is 22.9 Å². The summed E-state index contributed by atoms with van der Waals surface area (Å²) in [6, 6.07) is 0. The number of hydrogen-bond donors (Lipinski definition) is 0. The van der Waals surface area contributed by atoms with E-state index in [1.807, 2.05) is 29.8 Å². The predicted octanol–water partition coefficient (Wildman–Crippen LogP) is 2.99. The molecule has 0 fully saturated rings. The van der Waals surface area contributed by atoms with E-state index in [-0.39, 0.29) is 6.09 Å². The minimum atomic E-state index is -0.217. The van der Waals surface area contributed by atoms with Gasteiger partial charge in [0.1, 0.15) is 0 Å². The zero-order valence-corrected chi connectivity index (χ0v) is 9.83. The Morgan fingerprint density at radius 1 is 1.42 bits per heavy atom. The van der Waals surface area contributed by atoms with Gasteiger partial charge in [0.2, 0.25) is 0 Å². The number of hydrogen-bond acceptors (Lipinski definition) is 2. The number of halogens is 1. The molecule has 0 aliphatic rings. The van der Waals surface area contributed by atoms with Gasteiger partial charge in [-0.25, -0.2) is 7.91 Å². The van der Waals surface area contributed by atoms with E-state index in [9.17, 15) is 4.79 Å². The molecule has 0 rings (SSSR count). The third-order valence-electron chi connectivity index (χ3n) is 1.34. The number of carbonyl (C=O) groups is 1. The van der Waals surface area contributed by atoms with Crippen molar-refractivity contribution in [3.8, 4) is 0 Å². The third kappa shape index (κ3) is 5.62. The molecular formula is C8H16INO2. The smallest absolute Gasteiger partial charge is 0.418 e. The monoisotopic (exact) mass is 285 g/mol. The van der Waals surface area contributed by atoms with Gasteiger partial charge in [-0.1, -0.05) is 20.3 Å². The summed E-state index contributed by atoms with van der Waals surface area (Å²) in [5.74, 6) is 0. The molecule has 4 heteroatoms. The van der Waals surface area contributed by atoms with Crippen molar-refractivity contribution in [3.63, 3.8) is 0 Å². The predicted molar refractivity (Wildman–Crippen MR) is 57.3 cm³/mol. The molecule has 0 radical (unpaired) electrons. The van der Waals surface area contributed by atoms with Gasteiger partial charge in [0, 0.05) is 6.54 Å². The Kier molecular flexibility index (Phi) is 7.64. The SMILES string of the molecule is CCCCOC(=O)N(I)CCC. The molecule has 0 N–H and O–H groups in total. The van der Waals surface area contributed by atoms with E-state index in [1.165, 1.54) is 0 Å². The lowest BCUT2D eigenvalue weighted by molar-refractivity contribution is 0.130. The van der Waals surface area contributed by atoms with E-state index in [4.69, 9.17) is 4.74 Å². The molecule has 0 aromatic carbocycles. The molecule has 0 bridgehead atoms. The van der Waals surface area contributed by atoms with Gasteiger partial charge in [-0.2, -0.15) is 0 Å². The number of ether oxygens (including phenoxy) is 1. The molecule has 72 valence electrons. The number of unbranched alkanes of at least 4 members (excludes halogenated alkanes) is 1. The first-order valence-electron chi connectivity index (χ1n) is 4.32. The van der Waals surface area contributed by atoms with Gasteiger partial charge < -0.3 is 4.74 Å². The Morgan fingerprint density at radius 2 is 2.08 bits per heavy atom. The molecular weight excluding hydrogens is 269 g/mol. The lowest BCUT2D eigenvalue weighted by atomic mass is 10.4. The molecule has 0 spiro atoms. The van der Waals surface area contributed by atoms with Crippen LogP contribution in [0.4, 0.5) is 4.79 Å². The van der Waals surface area contributed by atoms with E-state index < -0.39 is 0 Å². The topological polar surface area (TPSA) is 29.5 Å². The maximum atomic E-state index is 11.1. The highest BCUT2D eigenvalue weighted by atomic mass is 127. The van der Waals surface area contributed by atoms with Crippen molar-refractivity contribution in [2.75, 3.05) is 13.2 Å². The quantitative estimate of drug-likeness (QED) is 0.441. The maximum absolute atomic E-state index is 11.1. The molecule has 12 heavy (non-hydrogen) atoms. The van der Waals surface area contributed by atoms with Crippen LogP contribution in [0.15, 0.2) is 0 Å². The van der Waals surface area contributed by atoms with E-state index in [0.29, 0.717) is 6.61 Å². The first-order valence-corrected chi connectivity index (χ1v) is 5.28. The van der Waals surface area contributed by atoms with Crippen LogP contribution in [-0.4, -0.2) is 22.4 Å². The highest BCUT2D eigenvalue weighted by Gasteiger charge is 2.08. The summed E-state index contributed by atoms with van der Waals surface area (Å²) in [6.45, 7) is 5.40. The summed E-state index contributed by atoms with van der Waals surface area (Å²) in [5.41, 5.74) is 0. The largest absolute Gasteiger partial charge is 0.449 e. The molecule has 0 aliphatic carbocycles. The fourth-order valence-corrected chi connectivity index (χ4v) is 1.28. The van der Waals surface area contributed by atoms with Crippen LogP contribution < -0.4 is 0 Å². The standard InChI is InChI=1S/C8H16INO2/c1-3-5-7-12-8(11)10(9)6-4-2/h3-7H2,1-2H3. The van der Waals surface area contributed by atoms with Crippen LogP contribution in [0.1, 0.15) is 33.1 Å². The number of rotatable bonds is 5. The van der Waals surface area contributed by atoms with Crippen molar-refractivity contribution in [2.45, 2.75) is 33.1 Å². The second kappa shape index (κ2) is 7.64. The fraction of sp³-hybridized carbons (Fsp3) is 0.875. The summed E-state index contributed by atoms with van der Waals surface area (Å²) < 4.78 is 6.55. The van der Waals surface area contributed by atoms with Crippen molar-refractivity contribution in [1.29, 1.82) is 0 Å². The summed E-state index contributed by atoms with van der Waals surface area (Å²) in [7, 11) is 0. The van der Waals surface area contributed by atoms with Gasteiger partial charge in [0.15, 0.2) is 0 Å². The van der Waals surface area contributed by atoms with Crippen LogP contribution in [0.3, 0.4) is 0 Å². The zero-order valence-electron chi connectivity index (χ0n) is 7.68. The van der Waals surface area contributed by atoms with Gasteiger partial charge in [-0.3, -0.25) is 0 Å². The van der Waals surface area contributed by atoms with Crippen molar-refractivity contribution < 1.29 is 9.53 Å². The molecule has 3 nitrogen and oxygen atoms in total. The summed E-state index contributed by atoms with van der Waals surface area (Å²) >= 11 is 1.98.